The highest BCUT2D eigenvalue weighted by molar-refractivity contribution is 6.20. The summed E-state index contributed by atoms with van der Waals surface area (Å²) in [4.78, 5) is 25.7. The first-order valence-electron chi connectivity index (χ1n) is 10.9. The number of ketones is 2. The molecule has 0 amide bonds. The maximum atomic E-state index is 15.8. The number of benzene rings is 2. The number of allylic oxidation sites excluding steroid dienone is 2. The van der Waals surface area contributed by atoms with Crippen LogP contribution >= 0.6 is 0 Å². The van der Waals surface area contributed by atoms with E-state index in [0.29, 0.717) is 47.0 Å². The van der Waals surface area contributed by atoms with Gasteiger partial charge >= 0.3 is 0 Å². The van der Waals surface area contributed by atoms with Gasteiger partial charge < -0.3 is 18.9 Å². The average molecular weight is 471 g/mol. The molecule has 6 nitrogen and oxygen atoms in total. The number of rotatable bonds is 13. The smallest absolute Gasteiger partial charge is 0.234 e. The van der Waals surface area contributed by atoms with Crippen LogP contribution in [0, 0.1) is 0 Å². The molecule has 0 N–H and O–H groups in total. The fourth-order valence-corrected chi connectivity index (χ4v) is 3.31. The molecule has 0 saturated carbocycles. The zero-order chi connectivity index (χ0) is 25.1. The van der Waals surface area contributed by atoms with Crippen LogP contribution in [0.15, 0.2) is 48.6 Å². The Kier molecular flexibility index (Phi) is 9.86. The second kappa shape index (κ2) is 12.6. The van der Waals surface area contributed by atoms with E-state index >= 15 is 4.39 Å². The van der Waals surface area contributed by atoms with Crippen LogP contribution in [0.1, 0.15) is 37.3 Å². The molecule has 34 heavy (non-hydrogen) atoms. The molecule has 0 fully saturated rings. The molecule has 0 aliphatic carbocycles. The molecule has 0 aromatic heterocycles. The quantitative estimate of drug-likeness (QED) is 0.285. The molecule has 7 heteroatoms. The monoisotopic (exact) mass is 470 g/mol. The fraction of sp³-hybridized carbons (Fsp3) is 0.333. The number of methoxy groups -OCH3 is 4. The number of hydrogen-bond acceptors (Lipinski definition) is 6. The van der Waals surface area contributed by atoms with Gasteiger partial charge in [0, 0.05) is 0 Å². The lowest BCUT2D eigenvalue weighted by molar-refractivity contribution is -0.137. The van der Waals surface area contributed by atoms with Crippen molar-refractivity contribution in [2.75, 3.05) is 28.4 Å². The van der Waals surface area contributed by atoms with Crippen LogP contribution in [-0.2, 0) is 9.59 Å². The van der Waals surface area contributed by atoms with Crippen LogP contribution in [0.3, 0.4) is 0 Å². The summed E-state index contributed by atoms with van der Waals surface area (Å²) < 4.78 is 36.7. The Balaban J connectivity index is 2.27. The molecule has 0 unspecified atom stereocenters. The third-order valence-corrected chi connectivity index (χ3v) is 5.33. The van der Waals surface area contributed by atoms with E-state index in [0.717, 1.165) is 12.2 Å². The number of carbonyl (C=O) groups excluding carboxylic acids is 2. The Hall–Kier alpha value is -3.61. The van der Waals surface area contributed by atoms with Crippen molar-refractivity contribution in [1.29, 1.82) is 0 Å². The average Bonchev–Trinajstić information content (AvgIpc) is 2.88. The zero-order valence-corrected chi connectivity index (χ0v) is 20.2. The van der Waals surface area contributed by atoms with Crippen LogP contribution in [0.5, 0.6) is 23.0 Å². The first kappa shape index (κ1) is 26.6. The highest BCUT2D eigenvalue weighted by Gasteiger charge is 2.42. The van der Waals surface area contributed by atoms with Crippen molar-refractivity contribution in [1.82, 2.24) is 0 Å². The van der Waals surface area contributed by atoms with Gasteiger partial charge in [-0.2, -0.15) is 0 Å². The maximum Gasteiger partial charge on any atom is 0.234 e. The standard InChI is InChI=1S/C27H31FO6/c1-6-7-16-27(28,25(29)14-10-19-8-12-21(31-2)23(17-19)33-4)26(30)15-11-20-9-13-22(32-3)24(18-20)34-5/h8-15,17-18H,6-7,16H2,1-5H3/b14-10+,15-11+. The molecule has 2 aromatic carbocycles. The van der Waals surface area contributed by atoms with Crippen molar-refractivity contribution < 1.29 is 32.9 Å². The van der Waals surface area contributed by atoms with Gasteiger partial charge in [-0.15, -0.1) is 0 Å². The predicted octanol–water partition coefficient (Wildman–Crippen LogP) is 5.48. The van der Waals surface area contributed by atoms with Crippen LogP contribution in [0.25, 0.3) is 12.2 Å². The lowest BCUT2D eigenvalue weighted by atomic mass is 9.88. The summed E-state index contributed by atoms with van der Waals surface area (Å²) in [6, 6.07) is 10.1. The van der Waals surface area contributed by atoms with Crippen molar-refractivity contribution in [3.05, 3.63) is 59.7 Å². The van der Waals surface area contributed by atoms with Gasteiger partial charge in [-0.3, -0.25) is 9.59 Å². The zero-order valence-electron chi connectivity index (χ0n) is 20.2. The lowest BCUT2D eigenvalue weighted by Crippen LogP contribution is -2.40. The van der Waals surface area contributed by atoms with E-state index in [4.69, 9.17) is 18.9 Å². The maximum absolute atomic E-state index is 15.8. The number of alkyl halides is 1. The van der Waals surface area contributed by atoms with Gasteiger partial charge in [0.05, 0.1) is 28.4 Å². The van der Waals surface area contributed by atoms with Crippen LogP contribution in [0.2, 0.25) is 0 Å². The molecule has 2 aromatic rings. The number of halogens is 1. The van der Waals surface area contributed by atoms with Gasteiger partial charge in [0.1, 0.15) is 0 Å². The van der Waals surface area contributed by atoms with E-state index < -0.39 is 17.2 Å². The van der Waals surface area contributed by atoms with Crippen molar-refractivity contribution in [3.63, 3.8) is 0 Å². The molecule has 0 aliphatic heterocycles. The number of ether oxygens (including phenoxy) is 4. The minimum absolute atomic E-state index is 0.201. The summed E-state index contributed by atoms with van der Waals surface area (Å²) in [5.74, 6) is 0.205. The highest BCUT2D eigenvalue weighted by atomic mass is 19.1. The summed E-state index contributed by atoms with van der Waals surface area (Å²) in [5, 5.41) is 0. The first-order valence-corrected chi connectivity index (χ1v) is 10.9. The molecule has 0 saturated heterocycles. The normalized spacial score (nSPS) is 11.6. The molecule has 0 aliphatic rings. The molecular formula is C27H31FO6. The van der Waals surface area contributed by atoms with Gasteiger partial charge in [-0.25, -0.2) is 4.39 Å². The molecule has 0 atom stereocenters. The van der Waals surface area contributed by atoms with Gasteiger partial charge in [-0.1, -0.05) is 37.6 Å². The summed E-state index contributed by atoms with van der Waals surface area (Å²) in [6.07, 6.45) is 5.94. The molecule has 182 valence electrons. The molecule has 0 spiro atoms. The molecule has 0 heterocycles. The first-order chi connectivity index (χ1) is 16.3. The van der Waals surface area contributed by atoms with Crippen molar-refractivity contribution in [2.45, 2.75) is 31.9 Å². The summed E-state index contributed by atoms with van der Waals surface area (Å²) >= 11 is 0. The third kappa shape index (κ3) is 6.47. The lowest BCUT2D eigenvalue weighted by Gasteiger charge is -2.19. The summed E-state index contributed by atoms with van der Waals surface area (Å²) in [5.41, 5.74) is -1.44. The fourth-order valence-electron chi connectivity index (χ4n) is 3.31. The van der Waals surface area contributed by atoms with E-state index in [-0.39, 0.29) is 6.42 Å². The molecule has 0 bridgehead atoms. The van der Waals surface area contributed by atoms with Gasteiger partial charge in [0.25, 0.3) is 0 Å². The minimum atomic E-state index is -2.66. The number of carbonyl (C=O) groups is 2. The second-order valence-electron chi connectivity index (χ2n) is 7.53. The second-order valence-corrected chi connectivity index (χ2v) is 7.53. The van der Waals surface area contributed by atoms with E-state index in [1.165, 1.54) is 40.6 Å². The Labute approximate surface area is 200 Å². The van der Waals surface area contributed by atoms with E-state index in [9.17, 15) is 9.59 Å². The van der Waals surface area contributed by atoms with Crippen LogP contribution in [-0.4, -0.2) is 45.7 Å². The summed E-state index contributed by atoms with van der Waals surface area (Å²) in [7, 11) is 6.03. The SMILES string of the molecule is CCCCC(F)(C(=O)/C=C/c1ccc(OC)c(OC)c1)C(=O)/C=C/c1ccc(OC)c(OC)c1. The van der Waals surface area contributed by atoms with Crippen molar-refractivity contribution >= 4 is 23.7 Å². The Bertz CT molecular complexity index is 980. The molecule has 2 rings (SSSR count). The van der Waals surface area contributed by atoms with Crippen molar-refractivity contribution in [3.8, 4) is 23.0 Å². The number of hydrogen-bond donors (Lipinski definition) is 0. The highest BCUT2D eigenvalue weighted by Crippen LogP contribution is 2.30. The van der Waals surface area contributed by atoms with Gasteiger partial charge in [-0.05, 0) is 60.4 Å². The van der Waals surface area contributed by atoms with Crippen LogP contribution < -0.4 is 18.9 Å². The molecular weight excluding hydrogens is 439 g/mol. The topological polar surface area (TPSA) is 71.1 Å². The molecule has 0 radical (unpaired) electrons. The Morgan fingerprint density at radius 2 is 1.18 bits per heavy atom. The summed E-state index contributed by atoms with van der Waals surface area (Å²) in [6.45, 7) is 1.87. The van der Waals surface area contributed by atoms with Crippen molar-refractivity contribution in [2.24, 2.45) is 0 Å². The van der Waals surface area contributed by atoms with E-state index in [1.807, 2.05) is 6.92 Å². The van der Waals surface area contributed by atoms with Crippen LogP contribution in [0.4, 0.5) is 4.39 Å². The Morgan fingerprint density at radius 1 is 0.765 bits per heavy atom. The van der Waals surface area contributed by atoms with E-state index in [2.05, 4.69) is 0 Å². The number of unbranched alkanes of at least 4 members (excludes halogenated alkanes) is 1. The third-order valence-electron chi connectivity index (χ3n) is 5.33. The van der Waals surface area contributed by atoms with Gasteiger partial charge in [0.2, 0.25) is 17.2 Å². The van der Waals surface area contributed by atoms with E-state index in [1.54, 1.807) is 36.4 Å². The minimum Gasteiger partial charge on any atom is -0.493 e. The van der Waals surface area contributed by atoms with Gasteiger partial charge in [0.15, 0.2) is 23.0 Å². The largest absolute Gasteiger partial charge is 0.493 e. The Morgan fingerprint density at radius 3 is 1.53 bits per heavy atom. The predicted molar refractivity (Wildman–Crippen MR) is 131 cm³/mol.